The standard InChI is InChI=1S/C12H16N2O/c1-8-5-10-13-9(12(2,3)4)7-14(10)11(15)6-8/h5-7,13H,1-4H3. The van der Waals surface area contributed by atoms with E-state index >= 15 is 0 Å². The van der Waals surface area contributed by atoms with E-state index in [4.69, 9.17) is 0 Å². The van der Waals surface area contributed by atoms with Crippen LogP contribution in [0.1, 0.15) is 32.0 Å². The fraction of sp³-hybridized carbons (Fsp3) is 0.417. The number of aromatic amines is 1. The van der Waals surface area contributed by atoms with Gasteiger partial charge in [-0.3, -0.25) is 9.20 Å². The van der Waals surface area contributed by atoms with Gasteiger partial charge in [0, 0.05) is 23.4 Å². The first kappa shape index (κ1) is 10.0. The van der Waals surface area contributed by atoms with Crippen molar-refractivity contribution >= 4 is 5.65 Å². The van der Waals surface area contributed by atoms with Crippen LogP contribution >= 0.6 is 0 Å². The molecule has 80 valence electrons. The maximum absolute atomic E-state index is 11.7. The van der Waals surface area contributed by atoms with Crippen LogP contribution in [0.4, 0.5) is 0 Å². The van der Waals surface area contributed by atoms with E-state index in [2.05, 4.69) is 25.8 Å². The number of aryl methyl sites for hydroxylation is 1. The van der Waals surface area contributed by atoms with Crippen LogP contribution in [0.15, 0.2) is 23.1 Å². The van der Waals surface area contributed by atoms with Crippen LogP contribution in [0.5, 0.6) is 0 Å². The zero-order valence-electron chi connectivity index (χ0n) is 9.59. The van der Waals surface area contributed by atoms with E-state index in [0.29, 0.717) is 0 Å². The third-order valence-corrected chi connectivity index (χ3v) is 2.54. The van der Waals surface area contributed by atoms with E-state index in [9.17, 15) is 4.79 Å². The predicted octanol–water partition coefficient (Wildman–Crippen LogP) is 2.23. The molecule has 0 saturated carbocycles. The summed E-state index contributed by atoms with van der Waals surface area (Å²) in [5.41, 5.74) is 2.99. The Kier molecular flexibility index (Phi) is 2.00. The van der Waals surface area contributed by atoms with Gasteiger partial charge in [-0.25, -0.2) is 0 Å². The first-order chi connectivity index (χ1) is 6.88. The highest BCUT2D eigenvalue weighted by molar-refractivity contribution is 5.43. The second-order valence-electron chi connectivity index (χ2n) is 5.04. The summed E-state index contributed by atoms with van der Waals surface area (Å²) in [7, 11) is 0. The van der Waals surface area contributed by atoms with E-state index in [-0.39, 0.29) is 11.0 Å². The summed E-state index contributed by atoms with van der Waals surface area (Å²) < 4.78 is 1.66. The molecule has 3 nitrogen and oxygen atoms in total. The van der Waals surface area contributed by atoms with Crippen molar-refractivity contribution in [2.24, 2.45) is 0 Å². The fourth-order valence-corrected chi connectivity index (χ4v) is 1.62. The van der Waals surface area contributed by atoms with E-state index in [1.165, 1.54) is 0 Å². The third kappa shape index (κ3) is 1.69. The van der Waals surface area contributed by atoms with Gasteiger partial charge in [0.1, 0.15) is 5.65 Å². The molecule has 0 radical (unpaired) electrons. The number of fused-ring (bicyclic) bond motifs is 1. The average molecular weight is 204 g/mol. The van der Waals surface area contributed by atoms with Crippen molar-refractivity contribution in [2.45, 2.75) is 33.1 Å². The Morgan fingerprint density at radius 3 is 2.53 bits per heavy atom. The second-order valence-corrected chi connectivity index (χ2v) is 5.04. The summed E-state index contributed by atoms with van der Waals surface area (Å²) in [5.74, 6) is 0. The monoisotopic (exact) mass is 204 g/mol. The predicted molar refractivity (Wildman–Crippen MR) is 61.5 cm³/mol. The fourth-order valence-electron chi connectivity index (χ4n) is 1.62. The van der Waals surface area contributed by atoms with Crippen LogP contribution in [0.2, 0.25) is 0 Å². The van der Waals surface area contributed by atoms with E-state index in [0.717, 1.165) is 16.9 Å². The van der Waals surface area contributed by atoms with Crippen LogP contribution in [0.3, 0.4) is 0 Å². The highest BCUT2D eigenvalue weighted by atomic mass is 16.1. The number of aromatic nitrogens is 2. The molecule has 0 unspecified atom stereocenters. The Morgan fingerprint density at radius 2 is 1.93 bits per heavy atom. The molecule has 0 aromatic carbocycles. The van der Waals surface area contributed by atoms with Crippen LogP contribution in [0, 0.1) is 6.92 Å². The first-order valence-electron chi connectivity index (χ1n) is 5.10. The van der Waals surface area contributed by atoms with Gasteiger partial charge in [-0.2, -0.15) is 0 Å². The molecule has 2 rings (SSSR count). The van der Waals surface area contributed by atoms with Gasteiger partial charge in [0.2, 0.25) is 0 Å². The van der Waals surface area contributed by atoms with Gasteiger partial charge in [-0.1, -0.05) is 20.8 Å². The zero-order chi connectivity index (χ0) is 11.2. The quantitative estimate of drug-likeness (QED) is 0.702. The summed E-state index contributed by atoms with van der Waals surface area (Å²) in [6.07, 6.45) is 1.89. The highest BCUT2D eigenvalue weighted by Crippen LogP contribution is 2.20. The van der Waals surface area contributed by atoms with Gasteiger partial charge in [-0.15, -0.1) is 0 Å². The Labute approximate surface area is 88.8 Å². The SMILES string of the molecule is Cc1cc(=O)n2cc(C(C)(C)C)[nH]c2c1. The molecule has 1 N–H and O–H groups in total. The molecule has 0 aliphatic carbocycles. The molecule has 0 amide bonds. The molecular formula is C12H16N2O. The van der Waals surface area contributed by atoms with Crippen molar-refractivity contribution in [3.63, 3.8) is 0 Å². The molecule has 0 spiro atoms. The second kappa shape index (κ2) is 2.99. The molecular weight excluding hydrogens is 188 g/mol. The molecule has 0 atom stereocenters. The summed E-state index contributed by atoms with van der Waals surface area (Å²) in [4.78, 5) is 15.0. The Bertz CT molecular complexity index is 555. The van der Waals surface area contributed by atoms with Gasteiger partial charge >= 0.3 is 0 Å². The average Bonchev–Trinajstić information content (AvgIpc) is 2.46. The number of H-pyrrole nitrogens is 1. The minimum atomic E-state index is 0.0248. The third-order valence-electron chi connectivity index (χ3n) is 2.54. The van der Waals surface area contributed by atoms with E-state index in [1.54, 1.807) is 10.5 Å². The largest absolute Gasteiger partial charge is 0.343 e. The summed E-state index contributed by atoms with van der Waals surface area (Å²) in [6, 6.07) is 3.63. The number of imidazole rings is 1. The molecule has 0 aliphatic rings. The van der Waals surface area contributed by atoms with E-state index < -0.39 is 0 Å². The molecule has 0 fully saturated rings. The first-order valence-corrected chi connectivity index (χ1v) is 5.10. The van der Waals surface area contributed by atoms with Crippen molar-refractivity contribution in [3.05, 3.63) is 39.9 Å². The van der Waals surface area contributed by atoms with Crippen LogP contribution in [-0.4, -0.2) is 9.38 Å². The summed E-state index contributed by atoms with van der Waals surface area (Å²) in [6.45, 7) is 8.29. The Balaban J connectivity index is 2.77. The normalized spacial score (nSPS) is 12.3. The number of nitrogens with zero attached hydrogens (tertiary/aromatic N) is 1. The minimum Gasteiger partial charge on any atom is -0.343 e. The lowest BCUT2D eigenvalue weighted by Gasteiger charge is -2.14. The van der Waals surface area contributed by atoms with Gasteiger partial charge in [0.05, 0.1) is 0 Å². The maximum atomic E-state index is 11.7. The number of rotatable bonds is 0. The number of hydrogen-bond acceptors (Lipinski definition) is 1. The highest BCUT2D eigenvalue weighted by Gasteiger charge is 2.16. The van der Waals surface area contributed by atoms with Crippen LogP contribution in [-0.2, 0) is 5.41 Å². The number of hydrogen-bond donors (Lipinski definition) is 1. The van der Waals surface area contributed by atoms with Crippen molar-refractivity contribution in [1.82, 2.24) is 9.38 Å². The lowest BCUT2D eigenvalue weighted by atomic mass is 9.93. The minimum absolute atomic E-state index is 0.0248. The molecule has 3 heteroatoms. The smallest absolute Gasteiger partial charge is 0.256 e. The molecule has 2 aromatic rings. The molecule has 2 aromatic heterocycles. The van der Waals surface area contributed by atoms with Gasteiger partial charge in [0.25, 0.3) is 5.56 Å². The van der Waals surface area contributed by atoms with E-state index in [1.807, 2.05) is 19.2 Å². The van der Waals surface area contributed by atoms with Crippen molar-refractivity contribution in [3.8, 4) is 0 Å². The topological polar surface area (TPSA) is 37.3 Å². The van der Waals surface area contributed by atoms with Gasteiger partial charge in [0.15, 0.2) is 0 Å². The zero-order valence-corrected chi connectivity index (χ0v) is 9.59. The van der Waals surface area contributed by atoms with Crippen LogP contribution < -0.4 is 5.56 Å². The molecule has 2 heterocycles. The molecule has 0 aliphatic heterocycles. The van der Waals surface area contributed by atoms with Crippen LogP contribution in [0.25, 0.3) is 5.65 Å². The summed E-state index contributed by atoms with van der Waals surface area (Å²) in [5, 5.41) is 0. The number of pyridine rings is 1. The lowest BCUT2D eigenvalue weighted by Crippen LogP contribution is -2.12. The lowest BCUT2D eigenvalue weighted by molar-refractivity contribution is 0.573. The Morgan fingerprint density at radius 1 is 1.27 bits per heavy atom. The van der Waals surface area contributed by atoms with Crippen molar-refractivity contribution in [1.29, 1.82) is 0 Å². The maximum Gasteiger partial charge on any atom is 0.256 e. The molecule has 0 saturated heterocycles. The van der Waals surface area contributed by atoms with Crippen molar-refractivity contribution in [2.75, 3.05) is 0 Å². The molecule has 15 heavy (non-hydrogen) atoms. The summed E-state index contributed by atoms with van der Waals surface area (Å²) >= 11 is 0. The molecule has 0 bridgehead atoms. The van der Waals surface area contributed by atoms with Gasteiger partial charge < -0.3 is 4.98 Å². The van der Waals surface area contributed by atoms with Crippen molar-refractivity contribution < 1.29 is 0 Å². The Hall–Kier alpha value is -1.51. The van der Waals surface area contributed by atoms with Gasteiger partial charge in [-0.05, 0) is 18.6 Å². The number of nitrogens with one attached hydrogen (secondary N) is 1.